The van der Waals surface area contributed by atoms with Crippen molar-refractivity contribution in [1.82, 2.24) is 9.55 Å². The molecule has 9 heteroatoms. The minimum atomic E-state index is -2.17. The second-order valence-corrected chi connectivity index (χ2v) is 23.2. The largest absolute Gasteiger partial charge is 0.412 e. The summed E-state index contributed by atoms with van der Waals surface area (Å²) in [6, 6.07) is 0. The van der Waals surface area contributed by atoms with Crippen molar-refractivity contribution >= 4 is 35.5 Å². The topological polar surface area (TPSA) is 73.3 Å². The van der Waals surface area contributed by atoms with Crippen molar-refractivity contribution in [2.75, 3.05) is 0 Å². The van der Waals surface area contributed by atoms with Gasteiger partial charge in [-0.25, -0.2) is 4.79 Å². The third-order valence-electron chi connectivity index (χ3n) is 8.13. The molecule has 0 saturated heterocycles. The van der Waals surface area contributed by atoms with Crippen LogP contribution in [-0.2, 0) is 8.85 Å². The third kappa shape index (κ3) is 6.27. The lowest BCUT2D eigenvalue weighted by molar-refractivity contribution is 0.0905. The molecule has 1 fully saturated rings. The van der Waals surface area contributed by atoms with Crippen molar-refractivity contribution in [2.45, 2.75) is 121 Å². The van der Waals surface area contributed by atoms with Crippen LogP contribution in [0.4, 0.5) is 0 Å². The summed E-state index contributed by atoms with van der Waals surface area (Å²) >= 11 is 5.29. The van der Waals surface area contributed by atoms with E-state index in [1.165, 1.54) is 4.57 Å². The van der Waals surface area contributed by atoms with Gasteiger partial charge in [0, 0.05) is 18.0 Å². The van der Waals surface area contributed by atoms with Crippen LogP contribution in [0, 0.1) is 6.92 Å². The van der Waals surface area contributed by atoms with Crippen LogP contribution >= 0.6 is 12.6 Å². The molecule has 6 nitrogen and oxygen atoms in total. The predicted octanol–water partition coefficient (Wildman–Crippen LogP) is 5.95. The number of H-pyrrole nitrogens is 1. The summed E-state index contributed by atoms with van der Waals surface area (Å²) in [5.74, 6) is 0. The summed E-state index contributed by atoms with van der Waals surface area (Å²) in [6.07, 6.45) is 7.68. The lowest BCUT2D eigenvalue weighted by Gasteiger charge is -2.47. The van der Waals surface area contributed by atoms with Crippen molar-refractivity contribution in [1.29, 1.82) is 0 Å². The molecule has 0 radical (unpaired) electrons. The molecule has 1 heterocycles. The fourth-order valence-corrected chi connectivity index (χ4v) is 7.02. The van der Waals surface area contributed by atoms with Crippen molar-refractivity contribution in [3.8, 4) is 0 Å². The van der Waals surface area contributed by atoms with Crippen LogP contribution in [0.1, 0.15) is 66.4 Å². The highest BCUT2D eigenvalue weighted by Crippen LogP contribution is 2.48. The van der Waals surface area contributed by atoms with Crippen LogP contribution in [0.5, 0.6) is 0 Å². The Morgan fingerprint density at radius 1 is 1.12 bits per heavy atom. The minimum Gasteiger partial charge on any atom is -0.412 e. The van der Waals surface area contributed by atoms with Gasteiger partial charge in [-0.1, -0.05) is 41.5 Å². The maximum absolute atomic E-state index is 12.4. The highest BCUT2D eigenvalue weighted by atomic mass is 32.1. The Morgan fingerprint density at radius 3 is 2.21 bits per heavy atom. The van der Waals surface area contributed by atoms with Crippen LogP contribution in [-0.4, -0.2) is 43.1 Å². The average Bonchev–Trinajstić information content (AvgIpc) is 3.01. The molecule has 2 rings (SSSR count). The smallest absolute Gasteiger partial charge is 0.332 e. The number of thiol groups is 1. The van der Waals surface area contributed by atoms with E-state index in [0.29, 0.717) is 5.56 Å². The second kappa shape index (κ2) is 9.88. The summed E-state index contributed by atoms with van der Waals surface area (Å²) in [5, 5.41) is 0.111. The summed E-state index contributed by atoms with van der Waals surface area (Å²) in [6.45, 7) is 24.1. The summed E-state index contributed by atoms with van der Waals surface area (Å²) in [4.78, 5) is 26.6. The van der Waals surface area contributed by atoms with Gasteiger partial charge in [-0.15, -0.1) is 0 Å². The zero-order valence-corrected chi connectivity index (χ0v) is 25.9. The number of nitrogens with zero attached hydrogens (tertiary/aromatic N) is 1. The quantitative estimate of drug-likeness (QED) is 0.340. The van der Waals surface area contributed by atoms with E-state index in [1.807, 2.05) is 6.08 Å². The zero-order valence-electron chi connectivity index (χ0n) is 23.0. The Labute approximate surface area is 213 Å². The maximum Gasteiger partial charge on any atom is 0.332 e. The molecule has 1 saturated carbocycles. The fourth-order valence-electron chi connectivity index (χ4n) is 3.67. The lowest BCUT2D eigenvalue weighted by Crippen LogP contribution is -2.55. The molecule has 0 bridgehead atoms. The van der Waals surface area contributed by atoms with Crippen molar-refractivity contribution in [2.24, 2.45) is 0 Å². The predicted molar refractivity (Wildman–Crippen MR) is 151 cm³/mol. The molecule has 1 aliphatic rings. The molecule has 0 amide bonds. The van der Waals surface area contributed by atoms with Gasteiger partial charge < -0.3 is 8.85 Å². The van der Waals surface area contributed by atoms with E-state index in [0.717, 1.165) is 19.3 Å². The first-order valence-electron chi connectivity index (χ1n) is 12.3. The maximum atomic E-state index is 12.4. The molecule has 0 aromatic carbocycles. The van der Waals surface area contributed by atoms with Gasteiger partial charge >= 0.3 is 5.69 Å². The molecule has 3 atom stereocenters. The molecular weight excluding hydrogens is 481 g/mol. The van der Waals surface area contributed by atoms with E-state index in [4.69, 9.17) is 21.5 Å². The van der Waals surface area contributed by atoms with Crippen LogP contribution in [0.2, 0.25) is 36.3 Å². The Morgan fingerprint density at radius 2 is 1.68 bits per heavy atom. The zero-order chi connectivity index (χ0) is 26.3. The highest BCUT2D eigenvalue weighted by molar-refractivity contribution is 7.82. The van der Waals surface area contributed by atoms with E-state index in [2.05, 4.69) is 72.7 Å². The number of hydrogen-bond donors (Lipinski definition) is 2. The van der Waals surface area contributed by atoms with Crippen molar-refractivity contribution < 1.29 is 8.85 Å². The third-order valence-corrected chi connectivity index (χ3v) is 17.8. The number of aromatic nitrogens is 2. The van der Waals surface area contributed by atoms with Crippen LogP contribution in [0.25, 0.3) is 6.20 Å². The standard InChI is InChI=1S/C25H46N2O4SSi2/c1-18-17-27(22(29)26-21(18)28)16-14-20(31-34(10,11)24(5,6)7)25(32)15-12-13-19(25)30-33(8,9)23(2,3)4/h14,16-17,19-20,32H,12-13,15H2,1-11H3,(H,26,28,29)/b16-14+/t19-,20?,25+/m0/s1. The van der Waals surface area contributed by atoms with E-state index in [9.17, 15) is 9.59 Å². The molecule has 1 N–H and O–H groups in total. The first-order chi connectivity index (χ1) is 15.2. The molecular formula is C25H46N2O4SSi2. The number of aryl methyl sites for hydroxylation is 1. The SMILES string of the molecule is Cc1cn(/C=C/C(O[Si](C)(C)C(C)(C)C)[C@@]2(S)CCC[C@@H]2O[Si](C)(C)C(C)(C)C)c(=O)[nH]c1=O. The minimum absolute atomic E-state index is 0.0169. The Bertz CT molecular complexity index is 1020. The van der Waals surface area contributed by atoms with E-state index in [-0.39, 0.29) is 27.8 Å². The first kappa shape index (κ1) is 29.4. The molecule has 1 aromatic heterocycles. The molecule has 1 unspecified atom stereocenters. The van der Waals surface area contributed by atoms with Gasteiger partial charge in [0.2, 0.25) is 0 Å². The molecule has 0 aliphatic heterocycles. The lowest BCUT2D eigenvalue weighted by atomic mass is 9.97. The number of rotatable bonds is 7. The van der Waals surface area contributed by atoms with Gasteiger partial charge in [0.25, 0.3) is 5.56 Å². The Hall–Kier alpha value is -0.876. The number of aromatic amines is 1. The number of nitrogens with one attached hydrogen (secondary N) is 1. The first-order valence-corrected chi connectivity index (χ1v) is 18.6. The van der Waals surface area contributed by atoms with Gasteiger partial charge in [0.1, 0.15) is 0 Å². The van der Waals surface area contributed by atoms with Gasteiger partial charge in [0.15, 0.2) is 16.6 Å². The Balaban J connectivity index is 2.53. The van der Waals surface area contributed by atoms with Gasteiger partial charge in [-0.2, -0.15) is 12.6 Å². The van der Waals surface area contributed by atoms with Crippen LogP contribution in [0.3, 0.4) is 0 Å². The van der Waals surface area contributed by atoms with E-state index in [1.54, 1.807) is 19.3 Å². The molecule has 0 spiro atoms. The summed E-state index contributed by atoms with van der Waals surface area (Å²) < 4.78 is 14.8. The number of hydrogen-bond acceptors (Lipinski definition) is 5. The van der Waals surface area contributed by atoms with E-state index >= 15 is 0 Å². The van der Waals surface area contributed by atoms with E-state index < -0.39 is 27.1 Å². The highest BCUT2D eigenvalue weighted by Gasteiger charge is 2.52. The Kier molecular flexibility index (Phi) is 8.53. The monoisotopic (exact) mass is 526 g/mol. The summed E-state index contributed by atoms with van der Waals surface area (Å²) in [5.41, 5.74) is -0.355. The molecule has 34 heavy (non-hydrogen) atoms. The molecule has 1 aromatic rings. The van der Waals surface area contributed by atoms with Crippen molar-refractivity contribution in [3.63, 3.8) is 0 Å². The second-order valence-electron chi connectivity index (χ2n) is 12.9. The average molecular weight is 527 g/mol. The fraction of sp³-hybridized carbons (Fsp3) is 0.760. The van der Waals surface area contributed by atoms with Gasteiger partial charge in [0.05, 0.1) is 17.0 Å². The van der Waals surface area contributed by atoms with Gasteiger partial charge in [-0.05, 0) is 68.5 Å². The molecule has 194 valence electrons. The normalized spacial score (nSPS) is 23.6. The van der Waals surface area contributed by atoms with Crippen LogP contribution < -0.4 is 11.2 Å². The van der Waals surface area contributed by atoms with Gasteiger partial charge in [-0.3, -0.25) is 14.3 Å². The van der Waals surface area contributed by atoms with Crippen molar-refractivity contribution in [3.05, 3.63) is 38.7 Å². The molecule has 1 aliphatic carbocycles. The van der Waals surface area contributed by atoms with Crippen LogP contribution in [0.15, 0.2) is 21.9 Å². The summed E-state index contributed by atoms with van der Waals surface area (Å²) in [7, 11) is -4.19.